The number of hydrogen-bond donors (Lipinski definition) is 1. The van der Waals surface area contributed by atoms with E-state index in [0.717, 1.165) is 25.2 Å². The standard InChI is InChI=1S/C17H28N4/c1-20-14-3-2-4-15(20)10-16(9-14)21-12-19-11-17(21)13-5-7-18-8-6-13/h11-16,18H,2-10H2,1H3. The molecule has 0 aromatic carbocycles. The van der Waals surface area contributed by atoms with E-state index in [0.29, 0.717) is 12.0 Å². The molecule has 4 heterocycles. The molecular formula is C17H28N4. The summed E-state index contributed by atoms with van der Waals surface area (Å²) in [5.74, 6) is 0.716. The van der Waals surface area contributed by atoms with Gasteiger partial charge in [-0.3, -0.25) is 0 Å². The van der Waals surface area contributed by atoms with E-state index < -0.39 is 0 Å². The van der Waals surface area contributed by atoms with Crippen molar-refractivity contribution in [2.45, 2.75) is 69.0 Å². The van der Waals surface area contributed by atoms with E-state index >= 15 is 0 Å². The van der Waals surface area contributed by atoms with Gasteiger partial charge in [-0.2, -0.15) is 0 Å². The second-order valence-electron chi connectivity index (χ2n) is 7.28. The normalized spacial score (nSPS) is 35.0. The molecule has 0 radical (unpaired) electrons. The molecule has 0 saturated carbocycles. The van der Waals surface area contributed by atoms with Crippen molar-refractivity contribution in [2.75, 3.05) is 20.1 Å². The van der Waals surface area contributed by atoms with Crippen LogP contribution in [0.1, 0.15) is 62.6 Å². The Kier molecular flexibility index (Phi) is 3.76. The van der Waals surface area contributed by atoms with Crippen molar-refractivity contribution < 1.29 is 0 Å². The summed E-state index contributed by atoms with van der Waals surface area (Å²) in [6.07, 6.45) is 13.6. The van der Waals surface area contributed by atoms with Gasteiger partial charge in [0.1, 0.15) is 0 Å². The molecule has 0 aliphatic carbocycles. The molecule has 21 heavy (non-hydrogen) atoms. The second-order valence-corrected chi connectivity index (χ2v) is 7.28. The lowest BCUT2D eigenvalue weighted by molar-refractivity contribution is 0.0390. The van der Waals surface area contributed by atoms with Crippen LogP contribution in [0.4, 0.5) is 0 Å². The number of aromatic nitrogens is 2. The summed E-state index contributed by atoms with van der Waals surface area (Å²) in [7, 11) is 2.34. The summed E-state index contributed by atoms with van der Waals surface area (Å²) in [4.78, 5) is 7.17. The van der Waals surface area contributed by atoms with Crippen molar-refractivity contribution in [1.82, 2.24) is 19.8 Å². The highest BCUT2D eigenvalue weighted by Gasteiger charge is 2.37. The molecular weight excluding hydrogens is 260 g/mol. The number of fused-ring (bicyclic) bond motifs is 2. The third-order valence-electron chi connectivity index (χ3n) is 6.16. The Labute approximate surface area is 127 Å². The largest absolute Gasteiger partial charge is 0.331 e. The van der Waals surface area contributed by atoms with Crippen LogP contribution in [0.15, 0.2) is 12.5 Å². The lowest BCUT2D eigenvalue weighted by Gasteiger charge is -2.47. The van der Waals surface area contributed by atoms with Gasteiger partial charge in [-0.25, -0.2) is 4.98 Å². The first-order chi connectivity index (χ1) is 10.3. The van der Waals surface area contributed by atoms with Crippen LogP contribution in [0.25, 0.3) is 0 Å². The summed E-state index contributed by atoms with van der Waals surface area (Å²) in [6.45, 7) is 2.32. The maximum absolute atomic E-state index is 4.51. The molecule has 2 bridgehead atoms. The Morgan fingerprint density at radius 2 is 1.76 bits per heavy atom. The minimum absolute atomic E-state index is 0.684. The van der Waals surface area contributed by atoms with Crippen molar-refractivity contribution >= 4 is 0 Å². The van der Waals surface area contributed by atoms with Gasteiger partial charge in [0.05, 0.1) is 6.33 Å². The number of nitrogens with one attached hydrogen (secondary N) is 1. The minimum atomic E-state index is 0.684. The van der Waals surface area contributed by atoms with Crippen molar-refractivity contribution in [1.29, 1.82) is 0 Å². The molecule has 2 unspecified atom stereocenters. The van der Waals surface area contributed by atoms with Crippen LogP contribution < -0.4 is 5.32 Å². The summed E-state index contributed by atoms with van der Waals surface area (Å²) in [6, 6.07) is 2.28. The molecule has 4 rings (SSSR count). The Balaban J connectivity index is 1.55. The highest BCUT2D eigenvalue weighted by molar-refractivity contribution is 5.10. The van der Waals surface area contributed by atoms with Gasteiger partial charge in [-0.15, -0.1) is 0 Å². The van der Waals surface area contributed by atoms with Crippen molar-refractivity contribution in [2.24, 2.45) is 0 Å². The molecule has 0 spiro atoms. The van der Waals surface area contributed by atoms with Crippen LogP contribution in [0.5, 0.6) is 0 Å². The minimum Gasteiger partial charge on any atom is -0.331 e. The average molecular weight is 288 g/mol. The maximum atomic E-state index is 4.51. The van der Waals surface area contributed by atoms with E-state index in [-0.39, 0.29) is 0 Å². The average Bonchev–Trinajstić information content (AvgIpc) is 2.97. The Morgan fingerprint density at radius 1 is 1.05 bits per heavy atom. The van der Waals surface area contributed by atoms with E-state index in [1.807, 2.05) is 0 Å². The molecule has 4 heteroatoms. The van der Waals surface area contributed by atoms with Crippen LogP contribution in [-0.4, -0.2) is 46.7 Å². The summed E-state index contributed by atoms with van der Waals surface area (Å²) < 4.78 is 2.55. The van der Waals surface area contributed by atoms with Gasteiger partial charge in [0, 0.05) is 35.9 Å². The van der Waals surface area contributed by atoms with Crippen LogP contribution in [0.2, 0.25) is 0 Å². The van der Waals surface area contributed by atoms with Crippen molar-refractivity contribution in [3.8, 4) is 0 Å². The zero-order valence-corrected chi connectivity index (χ0v) is 13.2. The molecule has 3 aliphatic rings. The molecule has 1 aromatic heterocycles. The third-order valence-corrected chi connectivity index (χ3v) is 6.16. The van der Waals surface area contributed by atoms with E-state index in [4.69, 9.17) is 0 Å². The van der Waals surface area contributed by atoms with Crippen LogP contribution in [0.3, 0.4) is 0 Å². The molecule has 1 aromatic rings. The van der Waals surface area contributed by atoms with E-state index in [2.05, 4.69) is 39.3 Å². The fraction of sp³-hybridized carbons (Fsp3) is 0.824. The quantitative estimate of drug-likeness (QED) is 0.908. The molecule has 3 aliphatic heterocycles. The molecule has 2 atom stereocenters. The summed E-state index contributed by atoms with van der Waals surface area (Å²) >= 11 is 0. The molecule has 116 valence electrons. The third kappa shape index (κ3) is 2.53. The number of nitrogens with zero attached hydrogens (tertiary/aromatic N) is 3. The zero-order valence-electron chi connectivity index (χ0n) is 13.2. The maximum Gasteiger partial charge on any atom is 0.0950 e. The predicted octanol–water partition coefficient (Wildman–Crippen LogP) is 2.54. The van der Waals surface area contributed by atoms with Gasteiger partial charge in [0.15, 0.2) is 0 Å². The molecule has 3 fully saturated rings. The number of hydrogen-bond acceptors (Lipinski definition) is 3. The predicted molar refractivity (Wildman–Crippen MR) is 84.5 cm³/mol. The first kappa shape index (κ1) is 13.8. The van der Waals surface area contributed by atoms with Gasteiger partial charge in [0.2, 0.25) is 0 Å². The highest BCUT2D eigenvalue weighted by Crippen LogP contribution is 2.39. The number of rotatable bonds is 2. The van der Waals surface area contributed by atoms with Gasteiger partial charge in [0.25, 0.3) is 0 Å². The second kappa shape index (κ2) is 5.73. The Hall–Kier alpha value is -0.870. The van der Waals surface area contributed by atoms with Crippen LogP contribution in [-0.2, 0) is 0 Å². The highest BCUT2D eigenvalue weighted by atomic mass is 15.2. The van der Waals surface area contributed by atoms with Crippen LogP contribution in [0, 0.1) is 0 Å². The first-order valence-corrected chi connectivity index (χ1v) is 8.77. The number of imidazole rings is 1. The Morgan fingerprint density at radius 3 is 2.48 bits per heavy atom. The number of piperidine rings is 3. The topological polar surface area (TPSA) is 33.1 Å². The zero-order chi connectivity index (χ0) is 14.2. The fourth-order valence-electron chi connectivity index (χ4n) is 4.87. The molecule has 0 amide bonds. The van der Waals surface area contributed by atoms with Crippen molar-refractivity contribution in [3.63, 3.8) is 0 Å². The Bertz CT molecular complexity index is 463. The van der Waals surface area contributed by atoms with Crippen molar-refractivity contribution in [3.05, 3.63) is 18.2 Å². The van der Waals surface area contributed by atoms with E-state index in [9.17, 15) is 0 Å². The van der Waals surface area contributed by atoms with Gasteiger partial charge in [-0.1, -0.05) is 6.42 Å². The van der Waals surface area contributed by atoms with E-state index in [1.165, 1.54) is 50.6 Å². The SMILES string of the molecule is CN1C2CCCC1CC(n1cncc1C1CCNCC1)C2. The summed E-state index contributed by atoms with van der Waals surface area (Å²) in [5.41, 5.74) is 1.50. The molecule has 3 saturated heterocycles. The van der Waals surface area contributed by atoms with Gasteiger partial charge >= 0.3 is 0 Å². The monoisotopic (exact) mass is 288 g/mol. The smallest absolute Gasteiger partial charge is 0.0950 e. The van der Waals surface area contributed by atoms with Crippen LogP contribution >= 0.6 is 0 Å². The first-order valence-electron chi connectivity index (χ1n) is 8.77. The summed E-state index contributed by atoms with van der Waals surface area (Å²) in [5, 5.41) is 3.48. The van der Waals surface area contributed by atoms with Gasteiger partial charge < -0.3 is 14.8 Å². The fourth-order valence-corrected chi connectivity index (χ4v) is 4.87. The lowest BCUT2D eigenvalue weighted by atomic mass is 9.82. The van der Waals surface area contributed by atoms with Gasteiger partial charge in [-0.05, 0) is 58.7 Å². The lowest BCUT2D eigenvalue weighted by Crippen LogP contribution is -2.50. The van der Waals surface area contributed by atoms with E-state index in [1.54, 1.807) is 0 Å². The molecule has 1 N–H and O–H groups in total. The molecule has 4 nitrogen and oxygen atoms in total.